The van der Waals surface area contributed by atoms with Crippen molar-refractivity contribution in [1.82, 2.24) is 15.1 Å². The van der Waals surface area contributed by atoms with E-state index in [4.69, 9.17) is 5.73 Å². The molecule has 1 atom stereocenters. The van der Waals surface area contributed by atoms with E-state index in [0.29, 0.717) is 29.4 Å². The second kappa shape index (κ2) is 6.67. The predicted octanol–water partition coefficient (Wildman–Crippen LogP) is 3.24. The molecule has 0 radical (unpaired) electrons. The zero-order chi connectivity index (χ0) is 19.2. The summed E-state index contributed by atoms with van der Waals surface area (Å²) in [4.78, 5) is 12.6. The molecule has 2 aliphatic carbocycles. The van der Waals surface area contributed by atoms with E-state index < -0.39 is 11.7 Å². The van der Waals surface area contributed by atoms with Gasteiger partial charge >= 0.3 is 6.18 Å². The van der Waals surface area contributed by atoms with E-state index in [2.05, 4.69) is 10.4 Å². The number of rotatable bonds is 6. The van der Waals surface area contributed by atoms with E-state index in [-0.39, 0.29) is 17.9 Å². The Balaban J connectivity index is 1.60. The Morgan fingerprint density at radius 3 is 2.67 bits per heavy atom. The number of amides is 1. The second-order valence-electron chi connectivity index (χ2n) is 7.39. The minimum absolute atomic E-state index is 0.0585. The molecule has 1 amide bonds. The Bertz CT molecular complexity index is 853. The summed E-state index contributed by atoms with van der Waals surface area (Å²) in [7, 11) is 0. The molecule has 5 nitrogen and oxygen atoms in total. The molecule has 3 N–H and O–H groups in total. The average Bonchev–Trinajstić information content (AvgIpc) is 3.56. The van der Waals surface area contributed by atoms with Gasteiger partial charge in [0.1, 0.15) is 0 Å². The molecule has 2 aliphatic rings. The highest BCUT2D eigenvalue weighted by Crippen LogP contribution is 2.43. The fourth-order valence-electron chi connectivity index (χ4n) is 3.30. The van der Waals surface area contributed by atoms with Crippen molar-refractivity contribution >= 4 is 5.91 Å². The van der Waals surface area contributed by atoms with Gasteiger partial charge in [-0.05, 0) is 49.8 Å². The third-order valence-electron chi connectivity index (χ3n) is 5.16. The van der Waals surface area contributed by atoms with E-state index in [1.807, 2.05) is 0 Å². The number of benzene rings is 1. The highest BCUT2D eigenvalue weighted by molar-refractivity contribution is 5.95. The summed E-state index contributed by atoms with van der Waals surface area (Å²) in [5.74, 6) is 0.340. The van der Waals surface area contributed by atoms with Crippen LogP contribution < -0.4 is 11.1 Å². The van der Waals surface area contributed by atoms with Crippen molar-refractivity contribution in [3.63, 3.8) is 0 Å². The number of halogens is 3. The predicted molar refractivity (Wildman–Crippen MR) is 93.6 cm³/mol. The van der Waals surface area contributed by atoms with Crippen LogP contribution in [0.25, 0.3) is 5.69 Å². The fraction of sp³-hybridized carbons (Fsp3) is 0.474. The molecule has 0 bridgehead atoms. The van der Waals surface area contributed by atoms with Gasteiger partial charge in [0.2, 0.25) is 0 Å². The van der Waals surface area contributed by atoms with Crippen LogP contribution in [0.2, 0.25) is 0 Å². The van der Waals surface area contributed by atoms with Crippen molar-refractivity contribution < 1.29 is 18.0 Å². The number of carbonyl (C=O) groups is 1. The van der Waals surface area contributed by atoms with Crippen LogP contribution in [0.4, 0.5) is 13.2 Å². The normalized spacial score (nSPS) is 18.4. The molecule has 2 fully saturated rings. The van der Waals surface area contributed by atoms with Gasteiger partial charge in [-0.2, -0.15) is 18.3 Å². The molecule has 1 aromatic heterocycles. The van der Waals surface area contributed by atoms with Crippen molar-refractivity contribution in [2.75, 3.05) is 6.54 Å². The quantitative estimate of drug-likeness (QED) is 0.811. The van der Waals surface area contributed by atoms with E-state index in [0.717, 1.165) is 37.8 Å². The van der Waals surface area contributed by atoms with Crippen molar-refractivity contribution in [1.29, 1.82) is 0 Å². The molecule has 1 unspecified atom stereocenters. The maximum atomic E-state index is 13.0. The molecule has 2 aromatic rings. The minimum Gasteiger partial charge on any atom is -0.350 e. The lowest BCUT2D eigenvalue weighted by atomic mass is 10.1. The van der Waals surface area contributed by atoms with Crippen LogP contribution in [0.3, 0.4) is 0 Å². The summed E-state index contributed by atoms with van der Waals surface area (Å²) in [6.45, 7) is 0.391. The molecule has 0 aliphatic heterocycles. The highest BCUT2D eigenvalue weighted by Gasteiger charge is 2.35. The first kappa shape index (κ1) is 18.0. The third-order valence-corrected chi connectivity index (χ3v) is 5.16. The van der Waals surface area contributed by atoms with Gasteiger partial charge in [0.05, 0.1) is 28.7 Å². The molecule has 1 aromatic carbocycles. The van der Waals surface area contributed by atoms with Gasteiger partial charge in [0.25, 0.3) is 5.91 Å². The van der Waals surface area contributed by atoms with Crippen molar-refractivity contribution in [2.45, 2.75) is 43.8 Å². The number of alkyl halides is 3. The van der Waals surface area contributed by atoms with Gasteiger partial charge in [-0.15, -0.1) is 0 Å². The van der Waals surface area contributed by atoms with Gasteiger partial charge in [-0.25, -0.2) is 4.68 Å². The Morgan fingerprint density at radius 2 is 2.04 bits per heavy atom. The van der Waals surface area contributed by atoms with Crippen LogP contribution in [-0.4, -0.2) is 28.3 Å². The Morgan fingerprint density at radius 1 is 1.30 bits per heavy atom. The number of aromatic nitrogens is 2. The summed E-state index contributed by atoms with van der Waals surface area (Å²) in [5.41, 5.74) is 6.68. The highest BCUT2D eigenvalue weighted by atomic mass is 19.4. The Hall–Kier alpha value is -2.35. The lowest BCUT2D eigenvalue weighted by molar-refractivity contribution is -0.137. The summed E-state index contributed by atoms with van der Waals surface area (Å²) >= 11 is 0. The first-order valence-electron chi connectivity index (χ1n) is 9.14. The molecule has 27 heavy (non-hydrogen) atoms. The van der Waals surface area contributed by atoms with Gasteiger partial charge in [0.15, 0.2) is 0 Å². The fourth-order valence-corrected chi connectivity index (χ4v) is 3.30. The minimum atomic E-state index is -4.43. The maximum Gasteiger partial charge on any atom is 0.416 e. The molecule has 8 heteroatoms. The standard InChI is InChI=1S/C19H21F3N4O/c20-19(21,22)13-2-1-3-14(8-13)26-17(12-6-7-12)15(9-25-26)18(27)24-10-16(23)11-4-5-11/h1-3,8-9,11-12,16H,4-7,10,23H2,(H,24,27). The first-order valence-corrected chi connectivity index (χ1v) is 9.14. The van der Waals surface area contributed by atoms with Gasteiger partial charge < -0.3 is 11.1 Å². The smallest absolute Gasteiger partial charge is 0.350 e. The lowest BCUT2D eigenvalue weighted by Gasteiger charge is -2.13. The summed E-state index contributed by atoms with van der Waals surface area (Å²) in [5, 5.41) is 7.07. The van der Waals surface area contributed by atoms with Gasteiger partial charge in [0, 0.05) is 18.5 Å². The molecule has 144 valence electrons. The number of carbonyl (C=O) groups excluding carboxylic acids is 1. The van der Waals surface area contributed by atoms with Crippen molar-refractivity contribution in [3.8, 4) is 5.69 Å². The number of hydrogen-bond acceptors (Lipinski definition) is 3. The number of nitrogens with two attached hydrogens (primary N) is 1. The van der Waals surface area contributed by atoms with Crippen LogP contribution in [-0.2, 0) is 6.18 Å². The van der Waals surface area contributed by atoms with E-state index in [9.17, 15) is 18.0 Å². The molecule has 2 saturated carbocycles. The number of nitrogens with zero attached hydrogens (tertiary/aromatic N) is 2. The average molecular weight is 378 g/mol. The third kappa shape index (κ3) is 3.85. The number of hydrogen-bond donors (Lipinski definition) is 2. The van der Waals surface area contributed by atoms with Crippen LogP contribution in [0, 0.1) is 5.92 Å². The molecule has 0 spiro atoms. The second-order valence-corrected chi connectivity index (χ2v) is 7.39. The maximum absolute atomic E-state index is 13.0. The zero-order valence-electron chi connectivity index (χ0n) is 14.7. The first-order chi connectivity index (χ1) is 12.8. The van der Waals surface area contributed by atoms with E-state index >= 15 is 0 Å². The number of nitrogens with one attached hydrogen (secondary N) is 1. The molecular weight excluding hydrogens is 357 g/mol. The monoisotopic (exact) mass is 378 g/mol. The summed E-state index contributed by atoms with van der Waals surface area (Å²) < 4.78 is 40.5. The van der Waals surface area contributed by atoms with Crippen LogP contribution in [0.1, 0.15) is 53.2 Å². The van der Waals surface area contributed by atoms with Gasteiger partial charge in [-0.1, -0.05) is 6.07 Å². The zero-order valence-corrected chi connectivity index (χ0v) is 14.7. The van der Waals surface area contributed by atoms with Crippen LogP contribution in [0.15, 0.2) is 30.5 Å². The molecule has 4 rings (SSSR count). The van der Waals surface area contributed by atoms with Crippen molar-refractivity contribution in [3.05, 3.63) is 47.3 Å². The molecule has 0 saturated heterocycles. The molecule has 1 heterocycles. The Kier molecular flexibility index (Phi) is 4.46. The van der Waals surface area contributed by atoms with Crippen molar-refractivity contribution in [2.24, 2.45) is 11.7 Å². The summed E-state index contributed by atoms with van der Waals surface area (Å²) in [6, 6.07) is 4.95. The van der Waals surface area contributed by atoms with E-state index in [1.165, 1.54) is 16.9 Å². The topological polar surface area (TPSA) is 72.9 Å². The summed E-state index contributed by atoms with van der Waals surface area (Å²) in [6.07, 6.45) is 0.989. The van der Waals surface area contributed by atoms with Crippen LogP contribution >= 0.6 is 0 Å². The lowest BCUT2D eigenvalue weighted by Crippen LogP contribution is -2.38. The van der Waals surface area contributed by atoms with Gasteiger partial charge in [-0.3, -0.25) is 4.79 Å². The SMILES string of the molecule is NC(CNC(=O)c1cnn(-c2cccc(C(F)(F)F)c2)c1C1CC1)C1CC1. The Labute approximate surface area is 154 Å². The van der Waals surface area contributed by atoms with E-state index in [1.54, 1.807) is 6.07 Å². The van der Waals surface area contributed by atoms with Crippen LogP contribution in [0.5, 0.6) is 0 Å². The molecular formula is C19H21F3N4O. The largest absolute Gasteiger partial charge is 0.416 e.